The zero-order chi connectivity index (χ0) is 15.4. The van der Waals surface area contributed by atoms with Crippen LogP contribution in [0.4, 0.5) is 0 Å². The first kappa shape index (κ1) is 14.8. The Kier molecular flexibility index (Phi) is 4.37. The van der Waals surface area contributed by atoms with Crippen molar-refractivity contribution in [3.8, 4) is 11.3 Å². The van der Waals surface area contributed by atoms with Gasteiger partial charge in [0.15, 0.2) is 0 Å². The topological polar surface area (TPSA) is 92.4 Å². The maximum absolute atomic E-state index is 11.9. The van der Waals surface area contributed by atoms with Crippen LogP contribution >= 0.6 is 0 Å². The summed E-state index contributed by atoms with van der Waals surface area (Å²) in [6.45, 7) is 3.65. The number of amides is 1. The molecular formula is C15H16N2O4. The van der Waals surface area contributed by atoms with Crippen LogP contribution in [-0.2, 0) is 4.79 Å². The first-order valence-corrected chi connectivity index (χ1v) is 6.58. The molecule has 6 heteroatoms. The maximum Gasteiger partial charge on any atom is 0.326 e. The minimum Gasteiger partial charge on any atom is -0.480 e. The second-order valence-corrected chi connectivity index (χ2v) is 4.71. The third-order valence-electron chi connectivity index (χ3n) is 3.09. The summed E-state index contributed by atoms with van der Waals surface area (Å²) in [5, 5.41) is 15.1. The largest absolute Gasteiger partial charge is 0.480 e. The van der Waals surface area contributed by atoms with Crippen molar-refractivity contribution in [2.45, 2.75) is 26.3 Å². The van der Waals surface area contributed by atoms with E-state index in [0.717, 1.165) is 11.1 Å². The van der Waals surface area contributed by atoms with Crippen LogP contribution in [0, 0.1) is 6.92 Å². The van der Waals surface area contributed by atoms with Crippen LogP contribution in [0.1, 0.15) is 29.5 Å². The van der Waals surface area contributed by atoms with Gasteiger partial charge in [0.1, 0.15) is 11.7 Å². The summed E-state index contributed by atoms with van der Waals surface area (Å²) in [4.78, 5) is 22.8. The highest BCUT2D eigenvalue weighted by Gasteiger charge is 2.21. The second-order valence-electron chi connectivity index (χ2n) is 4.71. The molecule has 0 aliphatic rings. The molecule has 0 bridgehead atoms. The van der Waals surface area contributed by atoms with E-state index in [2.05, 4.69) is 10.5 Å². The Morgan fingerprint density at radius 3 is 2.57 bits per heavy atom. The van der Waals surface area contributed by atoms with Crippen molar-refractivity contribution < 1.29 is 19.2 Å². The summed E-state index contributed by atoms with van der Waals surface area (Å²) in [5.41, 5.74) is 2.48. The van der Waals surface area contributed by atoms with E-state index >= 15 is 0 Å². The SMILES string of the molecule is CCC(NC(=O)c1cc(-c2ccc(C)cc2)no1)C(=O)O. The number of benzene rings is 1. The van der Waals surface area contributed by atoms with Gasteiger partial charge in [0.2, 0.25) is 5.76 Å². The zero-order valence-electron chi connectivity index (χ0n) is 11.8. The number of aromatic nitrogens is 1. The molecule has 0 aliphatic heterocycles. The number of rotatable bonds is 5. The molecule has 21 heavy (non-hydrogen) atoms. The van der Waals surface area contributed by atoms with Crippen LogP contribution in [-0.4, -0.2) is 28.2 Å². The van der Waals surface area contributed by atoms with Gasteiger partial charge >= 0.3 is 5.97 Å². The van der Waals surface area contributed by atoms with Crippen LogP contribution in [0.2, 0.25) is 0 Å². The van der Waals surface area contributed by atoms with Gasteiger partial charge in [0.05, 0.1) is 0 Å². The number of hydrogen-bond donors (Lipinski definition) is 2. The quantitative estimate of drug-likeness (QED) is 0.880. The van der Waals surface area contributed by atoms with E-state index < -0.39 is 17.9 Å². The number of nitrogens with zero attached hydrogens (tertiary/aromatic N) is 1. The van der Waals surface area contributed by atoms with Crippen molar-refractivity contribution in [1.82, 2.24) is 10.5 Å². The number of nitrogens with one attached hydrogen (secondary N) is 1. The molecular weight excluding hydrogens is 272 g/mol. The van der Waals surface area contributed by atoms with Gasteiger partial charge in [-0.1, -0.05) is 41.9 Å². The average Bonchev–Trinajstić information content (AvgIpc) is 2.94. The normalized spacial score (nSPS) is 11.9. The van der Waals surface area contributed by atoms with E-state index in [1.165, 1.54) is 6.07 Å². The van der Waals surface area contributed by atoms with Crippen molar-refractivity contribution in [2.24, 2.45) is 0 Å². The lowest BCUT2D eigenvalue weighted by molar-refractivity contribution is -0.139. The molecule has 1 amide bonds. The minimum absolute atomic E-state index is 0.00900. The number of aryl methyl sites for hydroxylation is 1. The molecule has 1 aromatic heterocycles. The lowest BCUT2D eigenvalue weighted by Gasteiger charge is -2.09. The smallest absolute Gasteiger partial charge is 0.326 e. The van der Waals surface area contributed by atoms with Gasteiger partial charge in [-0.2, -0.15) is 0 Å². The Labute approximate surface area is 121 Å². The molecule has 6 nitrogen and oxygen atoms in total. The highest BCUT2D eigenvalue weighted by molar-refractivity contribution is 5.94. The first-order valence-electron chi connectivity index (χ1n) is 6.58. The number of carboxylic acid groups (broad SMARTS) is 1. The van der Waals surface area contributed by atoms with E-state index in [-0.39, 0.29) is 5.76 Å². The molecule has 0 saturated carbocycles. The average molecular weight is 288 g/mol. The van der Waals surface area contributed by atoms with E-state index in [0.29, 0.717) is 12.1 Å². The molecule has 2 rings (SSSR count). The number of carbonyl (C=O) groups is 2. The maximum atomic E-state index is 11.9. The Hall–Kier alpha value is -2.63. The predicted molar refractivity (Wildman–Crippen MR) is 75.9 cm³/mol. The van der Waals surface area contributed by atoms with E-state index in [1.54, 1.807) is 6.92 Å². The summed E-state index contributed by atoms with van der Waals surface area (Å²) < 4.78 is 4.98. The third-order valence-corrected chi connectivity index (χ3v) is 3.09. The van der Waals surface area contributed by atoms with Crippen LogP contribution in [0.3, 0.4) is 0 Å². The summed E-state index contributed by atoms with van der Waals surface area (Å²) in [6, 6.07) is 8.17. The second kappa shape index (κ2) is 6.21. The van der Waals surface area contributed by atoms with Gasteiger partial charge < -0.3 is 14.9 Å². The van der Waals surface area contributed by atoms with Gasteiger partial charge in [-0.15, -0.1) is 0 Å². The summed E-state index contributed by atoms with van der Waals surface area (Å²) in [5.74, 6) is -1.68. The van der Waals surface area contributed by atoms with Crippen LogP contribution < -0.4 is 5.32 Å². The van der Waals surface area contributed by atoms with Crippen molar-refractivity contribution >= 4 is 11.9 Å². The fraction of sp³-hybridized carbons (Fsp3) is 0.267. The fourth-order valence-corrected chi connectivity index (χ4v) is 1.81. The third kappa shape index (κ3) is 3.47. The molecule has 0 radical (unpaired) electrons. The number of carbonyl (C=O) groups excluding carboxylic acids is 1. The molecule has 0 aliphatic carbocycles. The molecule has 1 aromatic carbocycles. The molecule has 1 unspecified atom stereocenters. The van der Waals surface area contributed by atoms with E-state index in [9.17, 15) is 9.59 Å². The van der Waals surface area contributed by atoms with Crippen molar-refractivity contribution in [2.75, 3.05) is 0 Å². The van der Waals surface area contributed by atoms with Crippen LogP contribution in [0.25, 0.3) is 11.3 Å². The van der Waals surface area contributed by atoms with E-state index in [1.807, 2.05) is 31.2 Å². The fourth-order valence-electron chi connectivity index (χ4n) is 1.81. The Morgan fingerprint density at radius 2 is 2.00 bits per heavy atom. The highest BCUT2D eigenvalue weighted by atomic mass is 16.5. The molecule has 2 aromatic rings. The molecule has 0 fully saturated rings. The predicted octanol–water partition coefficient (Wildman–Crippen LogP) is 2.24. The van der Waals surface area contributed by atoms with Crippen molar-refractivity contribution in [3.63, 3.8) is 0 Å². The summed E-state index contributed by atoms with van der Waals surface area (Å²) >= 11 is 0. The van der Waals surface area contributed by atoms with Gasteiger partial charge in [-0.05, 0) is 13.3 Å². The molecule has 1 atom stereocenters. The summed E-state index contributed by atoms with van der Waals surface area (Å²) in [7, 11) is 0. The first-order chi connectivity index (χ1) is 10.0. The molecule has 110 valence electrons. The molecule has 1 heterocycles. The lowest BCUT2D eigenvalue weighted by atomic mass is 10.1. The molecule has 0 saturated heterocycles. The molecule has 0 spiro atoms. The Balaban J connectivity index is 2.14. The lowest BCUT2D eigenvalue weighted by Crippen LogP contribution is -2.40. The van der Waals surface area contributed by atoms with Gasteiger partial charge in [-0.25, -0.2) is 4.79 Å². The highest BCUT2D eigenvalue weighted by Crippen LogP contribution is 2.19. The van der Waals surface area contributed by atoms with Gasteiger partial charge in [0, 0.05) is 11.6 Å². The van der Waals surface area contributed by atoms with Crippen LogP contribution in [0.5, 0.6) is 0 Å². The minimum atomic E-state index is -1.08. The summed E-state index contributed by atoms with van der Waals surface area (Å²) in [6.07, 6.45) is 0.292. The van der Waals surface area contributed by atoms with E-state index in [4.69, 9.17) is 9.63 Å². The zero-order valence-corrected chi connectivity index (χ0v) is 11.8. The van der Waals surface area contributed by atoms with Gasteiger partial charge in [-0.3, -0.25) is 4.79 Å². The van der Waals surface area contributed by atoms with Crippen molar-refractivity contribution in [3.05, 3.63) is 41.7 Å². The number of aliphatic carboxylic acids is 1. The molecule has 2 N–H and O–H groups in total. The standard InChI is InChI=1S/C15H16N2O4/c1-3-11(15(19)20)16-14(18)13-8-12(17-21-13)10-6-4-9(2)5-7-10/h4-8,11H,3H2,1-2H3,(H,16,18)(H,19,20). The monoisotopic (exact) mass is 288 g/mol. The van der Waals surface area contributed by atoms with Gasteiger partial charge in [0.25, 0.3) is 5.91 Å². The Morgan fingerprint density at radius 1 is 1.33 bits per heavy atom. The van der Waals surface area contributed by atoms with Crippen LogP contribution in [0.15, 0.2) is 34.9 Å². The van der Waals surface area contributed by atoms with Crippen molar-refractivity contribution in [1.29, 1.82) is 0 Å². The number of carboxylic acids is 1. The number of hydrogen-bond acceptors (Lipinski definition) is 4. The Bertz CT molecular complexity index is 646.